The van der Waals surface area contributed by atoms with Crippen molar-refractivity contribution in [3.8, 4) is 23.3 Å². The van der Waals surface area contributed by atoms with E-state index in [0.717, 1.165) is 0 Å². The van der Waals surface area contributed by atoms with E-state index in [1.807, 2.05) is 0 Å². The largest absolute Gasteiger partial charge is 0.493 e. The third-order valence-electron chi connectivity index (χ3n) is 2.99. The number of carbonyl (C=O) groups is 1. The second-order valence-corrected chi connectivity index (χ2v) is 4.45. The van der Waals surface area contributed by atoms with Gasteiger partial charge in [0, 0.05) is 12.1 Å². The molecule has 9 heteroatoms. The lowest BCUT2D eigenvalue weighted by Crippen LogP contribution is -2.19. The first-order valence-electron chi connectivity index (χ1n) is 6.85. The molecular weight excluding hydrogens is 316 g/mol. The van der Waals surface area contributed by atoms with Crippen LogP contribution in [0, 0.1) is 0 Å². The smallest absolute Gasteiger partial charge is 0.323 e. The summed E-state index contributed by atoms with van der Waals surface area (Å²) in [5, 5.41) is 5.27. The van der Waals surface area contributed by atoms with E-state index in [4.69, 9.17) is 18.9 Å². The minimum absolute atomic E-state index is 0.214. The second kappa shape index (κ2) is 7.86. The molecule has 2 N–H and O–H groups in total. The molecule has 0 saturated heterocycles. The highest BCUT2D eigenvalue weighted by Crippen LogP contribution is 2.39. The van der Waals surface area contributed by atoms with Crippen LogP contribution in [0.3, 0.4) is 0 Å². The zero-order valence-electron chi connectivity index (χ0n) is 13.7. The molecular formula is C15H18N4O5. The maximum atomic E-state index is 12.1. The number of hydrogen-bond acceptors (Lipinski definition) is 7. The quantitative estimate of drug-likeness (QED) is 0.834. The van der Waals surface area contributed by atoms with Crippen LogP contribution in [-0.2, 0) is 0 Å². The van der Waals surface area contributed by atoms with Gasteiger partial charge in [-0.25, -0.2) is 14.8 Å². The van der Waals surface area contributed by atoms with Gasteiger partial charge in [-0.2, -0.15) is 0 Å². The molecule has 1 aromatic carbocycles. The van der Waals surface area contributed by atoms with Crippen molar-refractivity contribution in [3.63, 3.8) is 0 Å². The van der Waals surface area contributed by atoms with E-state index in [0.29, 0.717) is 28.6 Å². The van der Waals surface area contributed by atoms with Crippen molar-refractivity contribution in [3.05, 3.63) is 24.5 Å². The number of aromatic nitrogens is 2. The van der Waals surface area contributed by atoms with E-state index in [1.165, 1.54) is 40.8 Å². The first kappa shape index (κ1) is 17.1. The molecule has 2 amide bonds. The number of methoxy groups -OCH3 is 4. The van der Waals surface area contributed by atoms with Gasteiger partial charge >= 0.3 is 12.0 Å². The minimum Gasteiger partial charge on any atom is -0.493 e. The Morgan fingerprint density at radius 1 is 0.833 bits per heavy atom. The Bertz CT molecular complexity index is 681. The van der Waals surface area contributed by atoms with Gasteiger partial charge in [0.1, 0.15) is 0 Å². The summed E-state index contributed by atoms with van der Waals surface area (Å²) in [5.41, 5.74) is 0.886. The van der Waals surface area contributed by atoms with E-state index < -0.39 is 6.03 Å². The number of carbonyl (C=O) groups excluding carboxylic acids is 1. The van der Waals surface area contributed by atoms with Gasteiger partial charge in [0.25, 0.3) is 0 Å². The molecule has 0 aliphatic carbocycles. The number of urea groups is 1. The topological polar surface area (TPSA) is 104 Å². The molecule has 9 nitrogen and oxygen atoms in total. The molecule has 0 saturated carbocycles. The fraction of sp³-hybridized carbons (Fsp3) is 0.267. The van der Waals surface area contributed by atoms with Crippen LogP contribution < -0.4 is 29.6 Å². The van der Waals surface area contributed by atoms with Gasteiger partial charge < -0.3 is 29.6 Å². The summed E-state index contributed by atoms with van der Waals surface area (Å²) in [6.07, 6.45) is 2.86. The molecule has 2 rings (SSSR count). The highest BCUT2D eigenvalue weighted by Gasteiger charge is 2.14. The van der Waals surface area contributed by atoms with E-state index in [2.05, 4.69) is 20.6 Å². The fourth-order valence-corrected chi connectivity index (χ4v) is 1.93. The van der Waals surface area contributed by atoms with Crippen LogP contribution in [0.25, 0.3) is 0 Å². The lowest BCUT2D eigenvalue weighted by Gasteiger charge is -2.14. The fourth-order valence-electron chi connectivity index (χ4n) is 1.93. The number of amides is 2. The highest BCUT2D eigenvalue weighted by atomic mass is 16.5. The van der Waals surface area contributed by atoms with Gasteiger partial charge in [0.15, 0.2) is 11.5 Å². The number of hydrogen-bond donors (Lipinski definition) is 2. The Morgan fingerprint density at radius 2 is 1.38 bits per heavy atom. The molecule has 0 spiro atoms. The van der Waals surface area contributed by atoms with Gasteiger partial charge in [0.2, 0.25) is 5.75 Å². The van der Waals surface area contributed by atoms with E-state index in [9.17, 15) is 4.79 Å². The lowest BCUT2D eigenvalue weighted by atomic mass is 10.2. The number of nitrogens with zero attached hydrogens (tertiary/aromatic N) is 2. The van der Waals surface area contributed by atoms with Crippen molar-refractivity contribution < 1.29 is 23.7 Å². The Hall–Kier alpha value is -3.23. The first-order valence-corrected chi connectivity index (χ1v) is 6.85. The number of rotatable bonds is 6. The van der Waals surface area contributed by atoms with Crippen LogP contribution >= 0.6 is 0 Å². The summed E-state index contributed by atoms with van der Waals surface area (Å²) in [5.74, 6) is 1.30. The Labute approximate surface area is 138 Å². The van der Waals surface area contributed by atoms with E-state index in [-0.39, 0.29) is 6.01 Å². The average Bonchev–Trinajstić information content (AvgIpc) is 2.61. The van der Waals surface area contributed by atoms with E-state index >= 15 is 0 Å². The van der Waals surface area contributed by atoms with Gasteiger partial charge in [-0.15, -0.1) is 0 Å². The van der Waals surface area contributed by atoms with Crippen LogP contribution in [0.5, 0.6) is 23.3 Å². The lowest BCUT2D eigenvalue weighted by molar-refractivity contribution is 0.262. The molecule has 0 aliphatic heterocycles. The van der Waals surface area contributed by atoms with Gasteiger partial charge in [-0.3, -0.25) is 0 Å². The molecule has 2 aromatic rings. The number of benzene rings is 1. The molecule has 0 unspecified atom stereocenters. The predicted molar refractivity (Wildman–Crippen MR) is 87.3 cm³/mol. The van der Waals surface area contributed by atoms with Gasteiger partial charge in [-0.05, 0) is 0 Å². The maximum Gasteiger partial charge on any atom is 0.323 e. The monoisotopic (exact) mass is 334 g/mol. The third-order valence-corrected chi connectivity index (χ3v) is 2.99. The summed E-state index contributed by atoms with van der Waals surface area (Å²) in [6, 6.07) is 2.97. The Kier molecular flexibility index (Phi) is 5.61. The molecule has 24 heavy (non-hydrogen) atoms. The third kappa shape index (κ3) is 3.94. The standard InChI is InChI=1S/C15H18N4O5/c1-21-11-5-9(6-12(22-2)13(11)23-3)18-14(20)19-10-7-16-15(24-4)17-8-10/h5-8H,1-4H3,(H2,18,19,20). The Balaban J connectivity index is 2.12. The summed E-state index contributed by atoms with van der Waals surface area (Å²) < 4.78 is 20.5. The molecule has 0 aliphatic rings. The molecule has 1 aromatic heterocycles. The summed E-state index contributed by atoms with van der Waals surface area (Å²) >= 11 is 0. The predicted octanol–water partition coefficient (Wildman–Crippen LogP) is 2.15. The van der Waals surface area contributed by atoms with Crippen LogP contribution in [-0.4, -0.2) is 44.4 Å². The minimum atomic E-state index is -0.474. The zero-order valence-corrected chi connectivity index (χ0v) is 13.7. The van der Waals surface area contributed by atoms with Crippen LogP contribution in [0.15, 0.2) is 24.5 Å². The SMILES string of the molecule is COc1ncc(NC(=O)Nc2cc(OC)c(OC)c(OC)c2)cn1. The van der Waals surface area contributed by atoms with Gasteiger partial charge in [-0.1, -0.05) is 0 Å². The molecule has 0 atom stereocenters. The van der Waals surface area contributed by atoms with Crippen LogP contribution in [0.4, 0.5) is 16.2 Å². The molecule has 0 bridgehead atoms. The first-order chi connectivity index (χ1) is 11.6. The van der Waals surface area contributed by atoms with Crippen molar-refractivity contribution in [2.24, 2.45) is 0 Å². The summed E-state index contributed by atoms with van der Waals surface area (Å²) in [4.78, 5) is 19.9. The normalized spacial score (nSPS) is 9.83. The summed E-state index contributed by atoms with van der Waals surface area (Å²) in [7, 11) is 5.95. The maximum absolute atomic E-state index is 12.1. The van der Waals surface area contributed by atoms with Crippen molar-refractivity contribution >= 4 is 17.4 Å². The van der Waals surface area contributed by atoms with Crippen molar-refractivity contribution in [2.45, 2.75) is 0 Å². The van der Waals surface area contributed by atoms with Crippen molar-refractivity contribution in [1.82, 2.24) is 9.97 Å². The molecule has 0 radical (unpaired) electrons. The highest BCUT2D eigenvalue weighted by molar-refractivity contribution is 6.00. The zero-order chi connectivity index (χ0) is 17.5. The van der Waals surface area contributed by atoms with Crippen molar-refractivity contribution in [1.29, 1.82) is 0 Å². The molecule has 1 heterocycles. The molecule has 0 fully saturated rings. The number of anilines is 2. The second-order valence-electron chi connectivity index (χ2n) is 4.45. The van der Waals surface area contributed by atoms with E-state index in [1.54, 1.807) is 12.1 Å². The van der Waals surface area contributed by atoms with Crippen LogP contribution in [0.1, 0.15) is 0 Å². The molecule has 128 valence electrons. The average molecular weight is 334 g/mol. The van der Waals surface area contributed by atoms with Gasteiger partial charge in [0.05, 0.1) is 52.2 Å². The Morgan fingerprint density at radius 3 is 1.83 bits per heavy atom. The number of nitrogens with one attached hydrogen (secondary N) is 2. The van der Waals surface area contributed by atoms with Crippen LogP contribution in [0.2, 0.25) is 0 Å². The van der Waals surface area contributed by atoms with Crippen molar-refractivity contribution in [2.75, 3.05) is 39.1 Å². The number of ether oxygens (including phenoxy) is 4. The summed E-state index contributed by atoms with van der Waals surface area (Å²) in [6.45, 7) is 0.